The fraction of sp³-hybridized carbons (Fsp3) is 0.200. The maximum absolute atomic E-state index is 13.1. The van der Waals surface area contributed by atoms with Gasteiger partial charge in [-0.2, -0.15) is 0 Å². The summed E-state index contributed by atoms with van der Waals surface area (Å²) in [6.45, 7) is 1.18. The standard InChI is InChI=1S/C10H9ClFNO3/c1-5(14)13-9(10(15)16)6-2-3-7(11)8(12)4-6/h2-4,9H,1H3,(H,13,14)(H,15,16). The number of hydrogen-bond acceptors (Lipinski definition) is 2. The molecule has 0 bridgehead atoms. The minimum absolute atomic E-state index is 0.101. The van der Waals surface area contributed by atoms with E-state index >= 15 is 0 Å². The van der Waals surface area contributed by atoms with Crippen LogP contribution in [0.3, 0.4) is 0 Å². The van der Waals surface area contributed by atoms with Crippen molar-refractivity contribution in [1.82, 2.24) is 5.32 Å². The molecule has 0 aliphatic carbocycles. The Kier molecular flexibility index (Phi) is 3.84. The van der Waals surface area contributed by atoms with E-state index in [9.17, 15) is 14.0 Å². The average molecular weight is 246 g/mol. The normalized spacial score (nSPS) is 11.9. The number of hydrogen-bond donors (Lipinski definition) is 2. The monoisotopic (exact) mass is 245 g/mol. The number of benzene rings is 1. The van der Waals surface area contributed by atoms with Gasteiger partial charge in [0, 0.05) is 6.92 Å². The van der Waals surface area contributed by atoms with Crippen LogP contribution in [0.15, 0.2) is 18.2 Å². The number of rotatable bonds is 3. The molecular formula is C10H9ClFNO3. The number of carbonyl (C=O) groups is 2. The second-order valence-corrected chi connectivity index (χ2v) is 3.55. The zero-order valence-electron chi connectivity index (χ0n) is 8.33. The lowest BCUT2D eigenvalue weighted by Crippen LogP contribution is -2.32. The molecule has 0 saturated carbocycles. The zero-order chi connectivity index (χ0) is 12.3. The first-order valence-electron chi connectivity index (χ1n) is 4.36. The number of amides is 1. The summed E-state index contributed by atoms with van der Waals surface area (Å²) in [5.74, 6) is -2.50. The molecule has 1 amide bonds. The van der Waals surface area contributed by atoms with Crippen LogP contribution in [0.25, 0.3) is 0 Å². The maximum Gasteiger partial charge on any atom is 0.330 e. The molecule has 6 heteroatoms. The Hall–Kier alpha value is -1.62. The molecule has 16 heavy (non-hydrogen) atoms. The lowest BCUT2D eigenvalue weighted by molar-refractivity contribution is -0.141. The molecule has 86 valence electrons. The van der Waals surface area contributed by atoms with E-state index in [1.165, 1.54) is 19.1 Å². The Morgan fingerprint density at radius 2 is 2.12 bits per heavy atom. The molecule has 0 spiro atoms. The number of carbonyl (C=O) groups excluding carboxylic acids is 1. The zero-order valence-corrected chi connectivity index (χ0v) is 9.08. The highest BCUT2D eigenvalue weighted by Gasteiger charge is 2.21. The van der Waals surface area contributed by atoms with Gasteiger partial charge in [0.05, 0.1) is 5.02 Å². The van der Waals surface area contributed by atoms with Crippen LogP contribution >= 0.6 is 11.6 Å². The summed E-state index contributed by atoms with van der Waals surface area (Å²) in [6.07, 6.45) is 0. The van der Waals surface area contributed by atoms with Gasteiger partial charge in [-0.3, -0.25) is 4.79 Å². The quantitative estimate of drug-likeness (QED) is 0.852. The molecule has 0 heterocycles. The van der Waals surface area contributed by atoms with E-state index in [0.29, 0.717) is 0 Å². The summed E-state index contributed by atoms with van der Waals surface area (Å²) >= 11 is 5.46. The van der Waals surface area contributed by atoms with Crippen LogP contribution in [0.5, 0.6) is 0 Å². The van der Waals surface area contributed by atoms with E-state index in [2.05, 4.69) is 5.32 Å². The molecule has 0 saturated heterocycles. The van der Waals surface area contributed by atoms with Gasteiger partial charge in [-0.25, -0.2) is 9.18 Å². The topological polar surface area (TPSA) is 66.4 Å². The molecule has 0 aromatic heterocycles. The van der Waals surface area contributed by atoms with Gasteiger partial charge in [0.15, 0.2) is 6.04 Å². The van der Waals surface area contributed by atoms with Crippen LogP contribution in [0, 0.1) is 5.82 Å². The van der Waals surface area contributed by atoms with Crippen molar-refractivity contribution < 1.29 is 19.1 Å². The average Bonchev–Trinajstić information content (AvgIpc) is 2.18. The van der Waals surface area contributed by atoms with Crippen LogP contribution < -0.4 is 5.32 Å². The maximum atomic E-state index is 13.1. The van der Waals surface area contributed by atoms with Gasteiger partial charge in [0.1, 0.15) is 5.82 Å². The molecule has 1 atom stereocenters. The first-order chi connectivity index (χ1) is 7.41. The molecular weight excluding hydrogens is 237 g/mol. The van der Waals surface area contributed by atoms with E-state index in [0.717, 1.165) is 6.07 Å². The van der Waals surface area contributed by atoms with Crippen LogP contribution in [-0.2, 0) is 9.59 Å². The predicted molar refractivity (Wildman–Crippen MR) is 55.6 cm³/mol. The Morgan fingerprint density at radius 3 is 2.56 bits per heavy atom. The predicted octanol–water partition coefficient (Wildman–Crippen LogP) is 1.74. The van der Waals surface area contributed by atoms with Crippen molar-refractivity contribution in [1.29, 1.82) is 0 Å². The Morgan fingerprint density at radius 1 is 1.50 bits per heavy atom. The summed E-state index contributed by atoms with van der Waals surface area (Å²) in [4.78, 5) is 21.7. The molecule has 4 nitrogen and oxygen atoms in total. The van der Waals surface area contributed by atoms with Crippen molar-refractivity contribution in [3.05, 3.63) is 34.6 Å². The molecule has 1 aromatic carbocycles. The summed E-state index contributed by atoms with van der Waals surface area (Å²) < 4.78 is 13.1. The fourth-order valence-electron chi connectivity index (χ4n) is 1.18. The summed E-state index contributed by atoms with van der Waals surface area (Å²) in [7, 11) is 0. The minimum Gasteiger partial charge on any atom is -0.479 e. The van der Waals surface area contributed by atoms with Crippen molar-refractivity contribution in [2.24, 2.45) is 0 Å². The molecule has 2 N–H and O–H groups in total. The summed E-state index contributed by atoms with van der Waals surface area (Å²) in [5.41, 5.74) is 0.129. The lowest BCUT2D eigenvalue weighted by atomic mass is 10.1. The van der Waals surface area contributed by atoms with Gasteiger partial charge in [-0.15, -0.1) is 0 Å². The molecule has 0 radical (unpaired) electrons. The Labute approximate surface area is 96.0 Å². The highest BCUT2D eigenvalue weighted by molar-refractivity contribution is 6.30. The van der Waals surface area contributed by atoms with Gasteiger partial charge < -0.3 is 10.4 Å². The fourth-order valence-corrected chi connectivity index (χ4v) is 1.30. The molecule has 0 aliphatic rings. The highest BCUT2D eigenvalue weighted by Crippen LogP contribution is 2.20. The van der Waals surface area contributed by atoms with Crippen LogP contribution in [0.1, 0.15) is 18.5 Å². The van der Waals surface area contributed by atoms with Gasteiger partial charge >= 0.3 is 5.97 Å². The Balaban J connectivity index is 3.06. The second-order valence-electron chi connectivity index (χ2n) is 3.15. The van der Waals surface area contributed by atoms with E-state index in [4.69, 9.17) is 16.7 Å². The van der Waals surface area contributed by atoms with Gasteiger partial charge in [-0.05, 0) is 17.7 Å². The lowest BCUT2D eigenvalue weighted by Gasteiger charge is -2.13. The first-order valence-corrected chi connectivity index (χ1v) is 4.74. The molecule has 1 aromatic rings. The second kappa shape index (κ2) is 4.94. The molecule has 1 rings (SSSR count). The number of carboxylic acids is 1. The third kappa shape index (κ3) is 2.93. The third-order valence-electron chi connectivity index (χ3n) is 1.87. The number of halogens is 2. The molecule has 1 unspecified atom stereocenters. The number of aliphatic carboxylic acids is 1. The van der Waals surface area contributed by atoms with Gasteiger partial charge in [-0.1, -0.05) is 17.7 Å². The van der Waals surface area contributed by atoms with E-state index in [1.807, 2.05) is 0 Å². The van der Waals surface area contributed by atoms with Gasteiger partial charge in [0.25, 0.3) is 0 Å². The summed E-state index contributed by atoms with van der Waals surface area (Å²) in [6, 6.07) is 2.30. The highest BCUT2D eigenvalue weighted by atomic mass is 35.5. The van der Waals surface area contributed by atoms with E-state index in [1.54, 1.807) is 0 Å². The molecule has 0 fully saturated rings. The number of carboxylic acid groups (broad SMARTS) is 1. The van der Waals surface area contributed by atoms with E-state index < -0.39 is 23.7 Å². The third-order valence-corrected chi connectivity index (χ3v) is 2.18. The van der Waals surface area contributed by atoms with Crippen molar-refractivity contribution in [2.45, 2.75) is 13.0 Å². The molecule has 0 aliphatic heterocycles. The van der Waals surface area contributed by atoms with Crippen molar-refractivity contribution in [2.75, 3.05) is 0 Å². The Bertz CT molecular complexity index is 436. The summed E-state index contributed by atoms with van der Waals surface area (Å²) in [5, 5.41) is 11.0. The van der Waals surface area contributed by atoms with Crippen LogP contribution in [0.4, 0.5) is 4.39 Å². The van der Waals surface area contributed by atoms with Crippen molar-refractivity contribution in [3.63, 3.8) is 0 Å². The smallest absolute Gasteiger partial charge is 0.330 e. The SMILES string of the molecule is CC(=O)NC(C(=O)O)c1ccc(Cl)c(F)c1. The minimum atomic E-state index is -1.27. The first kappa shape index (κ1) is 12.4. The largest absolute Gasteiger partial charge is 0.479 e. The van der Waals surface area contributed by atoms with E-state index in [-0.39, 0.29) is 10.6 Å². The number of nitrogens with one attached hydrogen (secondary N) is 1. The van der Waals surface area contributed by atoms with Crippen molar-refractivity contribution >= 4 is 23.5 Å². The van der Waals surface area contributed by atoms with Crippen LogP contribution in [-0.4, -0.2) is 17.0 Å². The van der Waals surface area contributed by atoms with Crippen LogP contribution in [0.2, 0.25) is 5.02 Å². The van der Waals surface area contributed by atoms with Crippen molar-refractivity contribution in [3.8, 4) is 0 Å². The van der Waals surface area contributed by atoms with Gasteiger partial charge in [0.2, 0.25) is 5.91 Å².